The molecule has 0 radical (unpaired) electrons. The van der Waals surface area contributed by atoms with Crippen molar-refractivity contribution in [3.8, 4) is 5.75 Å². The molecule has 1 aliphatic rings. The van der Waals surface area contributed by atoms with E-state index in [9.17, 15) is 5.11 Å². The fourth-order valence-corrected chi connectivity index (χ4v) is 3.25. The molecule has 15 heavy (non-hydrogen) atoms. The molecule has 0 atom stereocenters. The molecule has 2 rings (SSSR count). The molecule has 1 aromatic rings. The maximum atomic E-state index is 9.68. The summed E-state index contributed by atoms with van der Waals surface area (Å²) in [7, 11) is 0. The van der Waals surface area contributed by atoms with Gasteiger partial charge in [-0.15, -0.1) is 0 Å². The highest BCUT2D eigenvalue weighted by atomic mass is 79.9. The molecule has 1 aliphatic carbocycles. The van der Waals surface area contributed by atoms with Crippen molar-refractivity contribution >= 4 is 15.9 Å². The summed E-state index contributed by atoms with van der Waals surface area (Å²) in [4.78, 5) is 0. The second-order valence-corrected chi connectivity index (χ2v) is 5.12. The number of aromatic hydroxyl groups is 1. The van der Waals surface area contributed by atoms with Gasteiger partial charge in [-0.3, -0.25) is 0 Å². The lowest BCUT2D eigenvalue weighted by Crippen LogP contribution is -2.32. The van der Waals surface area contributed by atoms with E-state index in [-0.39, 0.29) is 5.41 Å². The summed E-state index contributed by atoms with van der Waals surface area (Å²) >= 11 is 3.46. The highest BCUT2D eigenvalue weighted by Gasteiger charge is 2.36. The Morgan fingerprint density at radius 2 is 2.00 bits per heavy atom. The first-order chi connectivity index (χ1) is 7.19. The molecule has 0 heterocycles. The standard InChI is InChI=1S/C12H16BrNO/c13-11-9(4-3-5-10(11)15)12(8-14)6-1-2-7-12/h3-5,15H,1-2,6-8,14H2. The molecule has 0 spiro atoms. The maximum Gasteiger partial charge on any atom is 0.130 e. The molecule has 0 unspecified atom stereocenters. The van der Waals surface area contributed by atoms with Crippen LogP contribution in [-0.2, 0) is 5.41 Å². The predicted molar refractivity (Wildman–Crippen MR) is 65.0 cm³/mol. The Morgan fingerprint density at radius 3 is 2.60 bits per heavy atom. The van der Waals surface area contributed by atoms with Crippen molar-refractivity contribution in [1.29, 1.82) is 0 Å². The number of benzene rings is 1. The smallest absolute Gasteiger partial charge is 0.130 e. The number of phenols is 1. The summed E-state index contributed by atoms with van der Waals surface area (Å²) < 4.78 is 0.817. The van der Waals surface area contributed by atoms with Crippen molar-refractivity contribution in [1.82, 2.24) is 0 Å². The fraction of sp³-hybridized carbons (Fsp3) is 0.500. The number of hydrogen-bond acceptors (Lipinski definition) is 2. The van der Waals surface area contributed by atoms with Gasteiger partial charge in [-0.1, -0.05) is 25.0 Å². The fourth-order valence-electron chi connectivity index (χ4n) is 2.56. The van der Waals surface area contributed by atoms with Crippen LogP contribution in [-0.4, -0.2) is 11.7 Å². The number of rotatable bonds is 2. The SMILES string of the molecule is NCC1(c2cccc(O)c2Br)CCCC1. The van der Waals surface area contributed by atoms with Gasteiger partial charge in [-0.2, -0.15) is 0 Å². The zero-order chi connectivity index (χ0) is 10.9. The van der Waals surface area contributed by atoms with E-state index in [0.717, 1.165) is 17.3 Å². The molecule has 0 bridgehead atoms. The first kappa shape index (κ1) is 11.0. The molecule has 0 aromatic heterocycles. The van der Waals surface area contributed by atoms with Gasteiger partial charge in [0.05, 0.1) is 4.47 Å². The largest absolute Gasteiger partial charge is 0.507 e. The third-order valence-electron chi connectivity index (χ3n) is 3.50. The second kappa shape index (κ2) is 4.14. The van der Waals surface area contributed by atoms with Gasteiger partial charge in [-0.25, -0.2) is 0 Å². The average Bonchev–Trinajstić information content (AvgIpc) is 2.72. The zero-order valence-electron chi connectivity index (χ0n) is 8.67. The Hall–Kier alpha value is -0.540. The van der Waals surface area contributed by atoms with Crippen LogP contribution >= 0.6 is 15.9 Å². The number of halogens is 1. The van der Waals surface area contributed by atoms with E-state index in [0.29, 0.717) is 12.3 Å². The van der Waals surface area contributed by atoms with Crippen LogP contribution in [0.5, 0.6) is 5.75 Å². The van der Waals surface area contributed by atoms with Crippen LogP contribution in [0, 0.1) is 0 Å². The Morgan fingerprint density at radius 1 is 1.33 bits per heavy atom. The highest BCUT2D eigenvalue weighted by molar-refractivity contribution is 9.10. The minimum atomic E-state index is 0.0809. The van der Waals surface area contributed by atoms with Gasteiger partial charge in [0.15, 0.2) is 0 Å². The highest BCUT2D eigenvalue weighted by Crippen LogP contribution is 2.45. The van der Waals surface area contributed by atoms with E-state index in [1.807, 2.05) is 6.07 Å². The van der Waals surface area contributed by atoms with Crippen molar-refractivity contribution < 1.29 is 5.11 Å². The van der Waals surface area contributed by atoms with Crippen LogP contribution in [0.25, 0.3) is 0 Å². The van der Waals surface area contributed by atoms with Gasteiger partial charge < -0.3 is 10.8 Å². The molecular weight excluding hydrogens is 254 g/mol. The molecular formula is C12H16BrNO. The van der Waals surface area contributed by atoms with Gasteiger partial charge in [0.25, 0.3) is 0 Å². The summed E-state index contributed by atoms with van der Waals surface area (Å²) in [5.74, 6) is 0.312. The van der Waals surface area contributed by atoms with Crippen molar-refractivity contribution in [3.63, 3.8) is 0 Å². The molecule has 3 N–H and O–H groups in total. The van der Waals surface area contributed by atoms with E-state index in [4.69, 9.17) is 5.73 Å². The Kier molecular flexibility index (Phi) is 3.03. The van der Waals surface area contributed by atoms with Gasteiger partial charge in [0.1, 0.15) is 5.75 Å². The third-order valence-corrected chi connectivity index (χ3v) is 4.33. The van der Waals surface area contributed by atoms with E-state index in [2.05, 4.69) is 22.0 Å². The van der Waals surface area contributed by atoms with Gasteiger partial charge >= 0.3 is 0 Å². The lowest BCUT2D eigenvalue weighted by molar-refractivity contribution is 0.437. The topological polar surface area (TPSA) is 46.2 Å². The summed E-state index contributed by atoms with van der Waals surface area (Å²) in [6.45, 7) is 0.662. The average molecular weight is 270 g/mol. The van der Waals surface area contributed by atoms with Crippen LogP contribution < -0.4 is 5.73 Å². The van der Waals surface area contributed by atoms with Crippen molar-refractivity contribution in [2.24, 2.45) is 5.73 Å². The molecule has 2 nitrogen and oxygen atoms in total. The molecule has 0 saturated heterocycles. The Labute approximate surface area is 98.6 Å². The summed E-state index contributed by atoms with van der Waals surface area (Å²) in [5.41, 5.74) is 7.17. The van der Waals surface area contributed by atoms with E-state index in [1.165, 1.54) is 18.4 Å². The lowest BCUT2D eigenvalue weighted by atomic mass is 9.79. The van der Waals surface area contributed by atoms with Crippen LogP contribution in [0.4, 0.5) is 0 Å². The molecule has 0 amide bonds. The molecule has 1 aromatic carbocycles. The van der Waals surface area contributed by atoms with E-state index < -0.39 is 0 Å². The van der Waals surface area contributed by atoms with Crippen LogP contribution in [0.15, 0.2) is 22.7 Å². The maximum absolute atomic E-state index is 9.68. The molecule has 82 valence electrons. The first-order valence-corrected chi connectivity index (χ1v) is 6.17. The van der Waals surface area contributed by atoms with Crippen molar-refractivity contribution in [2.45, 2.75) is 31.1 Å². The van der Waals surface area contributed by atoms with Crippen molar-refractivity contribution in [2.75, 3.05) is 6.54 Å². The van der Waals surface area contributed by atoms with Gasteiger partial charge in [-0.05, 0) is 40.4 Å². The molecule has 0 aliphatic heterocycles. The quantitative estimate of drug-likeness (QED) is 0.868. The van der Waals surface area contributed by atoms with E-state index in [1.54, 1.807) is 6.07 Å². The monoisotopic (exact) mass is 269 g/mol. The van der Waals surface area contributed by atoms with E-state index >= 15 is 0 Å². The van der Waals surface area contributed by atoms with Crippen LogP contribution in [0.2, 0.25) is 0 Å². The van der Waals surface area contributed by atoms with Crippen LogP contribution in [0.3, 0.4) is 0 Å². The molecule has 3 heteroatoms. The Balaban J connectivity index is 2.47. The number of phenolic OH excluding ortho intramolecular Hbond substituents is 1. The van der Waals surface area contributed by atoms with Gasteiger partial charge in [0, 0.05) is 12.0 Å². The summed E-state index contributed by atoms with van der Waals surface area (Å²) in [5, 5.41) is 9.68. The normalized spacial score (nSPS) is 19.3. The third kappa shape index (κ3) is 1.79. The summed E-state index contributed by atoms with van der Waals surface area (Å²) in [6, 6.07) is 5.67. The molecule has 1 saturated carbocycles. The molecule has 1 fully saturated rings. The van der Waals surface area contributed by atoms with Crippen molar-refractivity contribution in [3.05, 3.63) is 28.2 Å². The second-order valence-electron chi connectivity index (χ2n) is 4.33. The minimum absolute atomic E-state index is 0.0809. The Bertz CT molecular complexity index is 359. The zero-order valence-corrected chi connectivity index (χ0v) is 10.3. The van der Waals surface area contributed by atoms with Gasteiger partial charge in [0.2, 0.25) is 0 Å². The summed E-state index contributed by atoms with van der Waals surface area (Å²) in [6.07, 6.45) is 4.73. The number of nitrogens with two attached hydrogens (primary N) is 1. The lowest BCUT2D eigenvalue weighted by Gasteiger charge is -2.29. The predicted octanol–water partition coefficient (Wildman–Crippen LogP) is 2.93. The number of hydrogen-bond donors (Lipinski definition) is 2. The minimum Gasteiger partial charge on any atom is -0.507 e. The first-order valence-electron chi connectivity index (χ1n) is 5.38. The van der Waals surface area contributed by atoms with Crippen LogP contribution in [0.1, 0.15) is 31.2 Å².